The van der Waals surface area contributed by atoms with Gasteiger partial charge in [0.25, 0.3) is 0 Å². The van der Waals surface area contributed by atoms with Gasteiger partial charge in [-0.3, -0.25) is 18.6 Å². The molecule has 12 heteroatoms. The maximum absolute atomic E-state index is 12.4. The third-order valence-corrected chi connectivity index (χ3v) is 10.6. The summed E-state index contributed by atoms with van der Waals surface area (Å²) in [7, 11) is -4.79. The lowest BCUT2D eigenvalue weighted by Gasteiger charge is -2.18. The quantitative estimate of drug-likeness (QED) is 0.0200. The standard InChI is InChI=1S/C56H86NO10P/c1-3-5-7-9-11-13-15-17-19-21-23-25-26-28-30-32-34-36-38-40-42-44-46-48-55(60)65-49-52(58)50-66-68(63,64)67-51-53(56(61)62)57-54(59)47-45-43-41-39-37-35-33-31-29-27-24-22-20-18-16-14-12-10-8-6-4-2/h5-8,11-14,17-20,23-25,27-28,30-31,33-34,36,40,42,52-53,58H,3-4,9-10,15-16,21-22,26,29,32,35,37-39,41,43-51H2,1-2H3,(H,57,59)(H,61,62)(H,63,64)/b7-5-,8-6-,13-11-,14-12-,19-17-,20-18-,25-23-,27-24-,30-28-,33-31-,36-34-,42-40-. The van der Waals surface area contributed by atoms with Crippen LogP contribution in [0.25, 0.3) is 0 Å². The number of phosphoric ester groups is 1. The zero-order valence-electron chi connectivity index (χ0n) is 41.3. The van der Waals surface area contributed by atoms with Crippen LogP contribution in [0.4, 0.5) is 0 Å². The second kappa shape index (κ2) is 48.8. The molecule has 0 fully saturated rings. The molecule has 0 aromatic heterocycles. The van der Waals surface area contributed by atoms with Crippen LogP contribution in [-0.2, 0) is 32.7 Å². The van der Waals surface area contributed by atoms with Crippen molar-refractivity contribution in [1.82, 2.24) is 5.32 Å². The van der Waals surface area contributed by atoms with Crippen LogP contribution in [0.3, 0.4) is 0 Å². The van der Waals surface area contributed by atoms with Gasteiger partial charge in [-0.1, -0.05) is 179 Å². The van der Waals surface area contributed by atoms with Gasteiger partial charge in [0, 0.05) is 12.8 Å². The fraction of sp³-hybridized carbons (Fsp3) is 0.518. The Morgan fingerprint density at radius 1 is 0.471 bits per heavy atom. The lowest BCUT2D eigenvalue weighted by atomic mass is 10.1. The van der Waals surface area contributed by atoms with Crippen LogP contribution in [0.5, 0.6) is 0 Å². The predicted molar refractivity (Wildman–Crippen MR) is 281 cm³/mol. The largest absolute Gasteiger partial charge is 0.480 e. The molecule has 380 valence electrons. The highest BCUT2D eigenvalue weighted by molar-refractivity contribution is 7.47. The molecular weight excluding hydrogens is 878 g/mol. The van der Waals surface area contributed by atoms with Crippen molar-refractivity contribution in [3.63, 3.8) is 0 Å². The maximum Gasteiger partial charge on any atom is 0.472 e. The average Bonchev–Trinajstić information content (AvgIpc) is 3.32. The molecule has 0 aliphatic heterocycles. The number of allylic oxidation sites excluding steroid dienone is 24. The van der Waals surface area contributed by atoms with E-state index < -0.39 is 57.6 Å². The van der Waals surface area contributed by atoms with E-state index in [1.807, 2.05) is 12.2 Å². The van der Waals surface area contributed by atoms with Gasteiger partial charge < -0.3 is 25.2 Å². The van der Waals surface area contributed by atoms with Crippen molar-refractivity contribution < 1.29 is 47.8 Å². The Morgan fingerprint density at radius 2 is 0.824 bits per heavy atom. The summed E-state index contributed by atoms with van der Waals surface area (Å²) in [5.74, 6) is -2.49. The highest BCUT2D eigenvalue weighted by Gasteiger charge is 2.28. The van der Waals surface area contributed by atoms with Gasteiger partial charge in [-0.15, -0.1) is 0 Å². The van der Waals surface area contributed by atoms with Gasteiger partial charge in [-0.2, -0.15) is 0 Å². The SMILES string of the molecule is CC/C=C\C/C=C\C/C=C\C/C=C\C/C=C\C/C=C\C/C=C\CCCC(=O)OCC(O)COP(=O)(O)OCC(NC(=O)CCCCCCC/C=C\C/C=C\C/C=C\C/C=C\C/C=C\CC)C(=O)O. The number of aliphatic hydroxyl groups is 1. The Kier molecular flexibility index (Phi) is 45.5. The minimum atomic E-state index is -4.79. The number of aliphatic hydroxyl groups excluding tert-OH is 1. The van der Waals surface area contributed by atoms with Crippen molar-refractivity contribution in [2.24, 2.45) is 0 Å². The summed E-state index contributed by atoms with van der Waals surface area (Å²) in [5, 5.41) is 21.9. The van der Waals surface area contributed by atoms with Crippen molar-refractivity contribution in [2.75, 3.05) is 19.8 Å². The number of unbranched alkanes of at least 4 members (excludes halogenated alkanes) is 6. The Labute approximate surface area is 410 Å². The highest BCUT2D eigenvalue weighted by atomic mass is 31.2. The molecule has 68 heavy (non-hydrogen) atoms. The number of amides is 1. The second-order valence-corrected chi connectivity index (χ2v) is 17.3. The number of nitrogens with one attached hydrogen (secondary N) is 1. The van der Waals surface area contributed by atoms with Crippen LogP contribution in [0, 0.1) is 0 Å². The average molecular weight is 964 g/mol. The zero-order chi connectivity index (χ0) is 49.9. The molecule has 3 atom stereocenters. The van der Waals surface area contributed by atoms with Crippen molar-refractivity contribution >= 4 is 25.7 Å². The van der Waals surface area contributed by atoms with E-state index in [2.05, 4.69) is 153 Å². The van der Waals surface area contributed by atoms with E-state index in [0.717, 1.165) is 109 Å². The summed E-state index contributed by atoms with van der Waals surface area (Å²) >= 11 is 0. The monoisotopic (exact) mass is 964 g/mol. The number of rotatable bonds is 44. The maximum atomic E-state index is 12.4. The van der Waals surface area contributed by atoms with E-state index in [1.54, 1.807) is 0 Å². The normalized spacial score (nSPS) is 14.8. The Hall–Kier alpha value is -4.64. The van der Waals surface area contributed by atoms with Crippen molar-refractivity contribution in [3.8, 4) is 0 Å². The van der Waals surface area contributed by atoms with Crippen LogP contribution < -0.4 is 5.32 Å². The van der Waals surface area contributed by atoms with Crippen LogP contribution in [0.15, 0.2) is 146 Å². The molecule has 0 spiro atoms. The minimum absolute atomic E-state index is 0.110. The Balaban J connectivity index is 4.01. The topological polar surface area (TPSA) is 169 Å². The number of hydrogen-bond acceptors (Lipinski definition) is 8. The summed E-state index contributed by atoms with van der Waals surface area (Å²) in [6.07, 6.45) is 68.7. The molecule has 0 rings (SSSR count). The van der Waals surface area contributed by atoms with Gasteiger partial charge in [-0.25, -0.2) is 9.36 Å². The number of carbonyl (C=O) groups excluding carboxylic acids is 2. The first kappa shape index (κ1) is 63.4. The van der Waals surface area contributed by atoms with Gasteiger partial charge >= 0.3 is 19.8 Å². The number of esters is 1. The molecule has 0 heterocycles. The molecule has 0 aromatic carbocycles. The number of phosphoric acid groups is 1. The molecule has 0 aliphatic rings. The van der Waals surface area contributed by atoms with Crippen molar-refractivity contribution in [3.05, 3.63) is 146 Å². The summed E-state index contributed by atoms with van der Waals surface area (Å²) < 4.78 is 26.9. The van der Waals surface area contributed by atoms with Crippen molar-refractivity contribution in [1.29, 1.82) is 0 Å². The van der Waals surface area contributed by atoms with Crippen molar-refractivity contribution in [2.45, 2.75) is 167 Å². The molecular formula is C56H86NO10P. The molecule has 0 bridgehead atoms. The van der Waals surface area contributed by atoms with E-state index in [1.165, 1.54) is 0 Å². The van der Waals surface area contributed by atoms with E-state index >= 15 is 0 Å². The molecule has 0 radical (unpaired) electrons. The van der Waals surface area contributed by atoms with Gasteiger partial charge in [0.15, 0.2) is 6.04 Å². The van der Waals surface area contributed by atoms with Crippen LogP contribution >= 0.6 is 7.82 Å². The molecule has 11 nitrogen and oxygen atoms in total. The van der Waals surface area contributed by atoms with Gasteiger partial charge in [0.05, 0.1) is 13.2 Å². The summed E-state index contributed by atoms with van der Waals surface area (Å²) in [6.45, 7) is 2.28. The summed E-state index contributed by atoms with van der Waals surface area (Å²) in [5.41, 5.74) is 0. The highest BCUT2D eigenvalue weighted by Crippen LogP contribution is 2.43. The van der Waals surface area contributed by atoms with E-state index in [-0.39, 0.29) is 12.8 Å². The van der Waals surface area contributed by atoms with E-state index in [9.17, 15) is 34.1 Å². The lowest BCUT2D eigenvalue weighted by Crippen LogP contribution is -2.43. The first-order chi connectivity index (χ1) is 33.1. The summed E-state index contributed by atoms with van der Waals surface area (Å²) in [6, 6.07) is -1.58. The number of ether oxygens (including phenoxy) is 1. The predicted octanol–water partition coefficient (Wildman–Crippen LogP) is 13.9. The smallest absolute Gasteiger partial charge is 0.472 e. The molecule has 4 N–H and O–H groups in total. The molecule has 3 unspecified atom stereocenters. The van der Waals surface area contributed by atoms with Gasteiger partial charge in [0.1, 0.15) is 12.7 Å². The molecule has 1 amide bonds. The number of aliphatic carboxylic acids is 1. The summed E-state index contributed by atoms with van der Waals surface area (Å²) in [4.78, 5) is 46.1. The first-order valence-corrected chi connectivity index (χ1v) is 26.4. The number of carbonyl (C=O) groups is 3. The van der Waals surface area contributed by atoms with Gasteiger partial charge in [-0.05, 0) is 109 Å². The fourth-order valence-corrected chi connectivity index (χ4v) is 6.63. The lowest BCUT2D eigenvalue weighted by molar-refractivity contribution is -0.147. The van der Waals surface area contributed by atoms with E-state index in [0.29, 0.717) is 19.3 Å². The van der Waals surface area contributed by atoms with E-state index in [4.69, 9.17) is 13.8 Å². The van der Waals surface area contributed by atoms with Crippen LogP contribution in [0.2, 0.25) is 0 Å². The fourth-order valence-electron chi connectivity index (χ4n) is 5.86. The third-order valence-electron chi connectivity index (χ3n) is 9.62. The number of carboxylic acids is 1. The number of hydrogen-bond donors (Lipinski definition) is 4. The molecule has 0 aromatic rings. The third kappa shape index (κ3) is 47.8. The number of carboxylic acid groups (broad SMARTS) is 1. The van der Waals surface area contributed by atoms with Crippen LogP contribution in [0.1, 0.15) is 155 Å². The molecule has 0 saturated carbocycles. The Morgan fingerprint density at radius 3 is 1.24 bits per heavy atom. The van der Waals surface area contributed by atoms with Gasteiger partial charge in [0.2, 0.25) is 5.91 Å². The molecule has 0 saturated heterocycles. The minimum Gasteiger partial charge on any atom is -0.480 e. The first-order valence-electron chi connectivity index (χ1n) is 24.9. The second-order valence-electron chi connectivity index (χ2n) is 15.9. The van der Waals surface area contributed by atoms with Crippen LogP contribution in [-0.4, -0.2) is 64.9 Å². The Bertz CT molecular complexity index is 1700. The molecule has 0 aliphatic carbocycles. The zero-order valence-corrected chi connectivity index (χ0v) is 42.2.